The van der Waals surface area contributed by atoms with Crippen LogP contribution in [0.25, 0.3) is 22.3 Å². The summed E-state index contributed by atoms with van der Waals surface area (Å²) in [6.45, 7) is 5.21. The highest BCUT2D eigenvalue weighted by Crippen LogP contribution is 2.31. The Balaban J connectivity index is 0.00000196. The molecule has 0 radical (unpaired) electrons. The number of aryl methyl sites for hydroxylation is 1. The molecule has 0 aliphatic carbocycles. The first-order valence-electron chi connectivity index (χ1n) is 14.4. The van der Waals surface area contributed by atoms with Crippen LogP contribution in [0.3, 0.4) is 0 Å². The molecule has 1 aliphatic heterocycles. The number of carboxylic acid groups (broad SMARTS) is 1. The second-order valence-corrected chi connectivity index (χ2v) is 10.6. The van der Waals surface area contributed by atoms with Gasteiger partial charge in [0.25, 0.3) is 0 Å². The number of carbonyl (C=O) groups is 1. The third kappa shape index (κ3) is 6.83. The first-order valence-corrected chi connectivity index (χ1v) is 14.4. The van der Waals surface area contributed by atoms with Crippen molar-refractivity contribution in [1.82, 2.24) is 14.5 Å². The summed E-state index contributed by atoms with van der Waals surface area (Å²) in [5, 5.41) is 9.43. The standard InChI is InChI=1S/C32H25F4N3O4.C2H6/c1-18-5-6-20(23(33)9-18)14-43-30-4-2-3-26(38-30)22-13-24(34)21(10-25(22)35)12-29-37-27-8-7-19(31(40)41)11-28(27)39(29)15-32(36)16-42-17-32;1-2/h2-11,13H,12,14-17H2,1H3,(H,40,41);1-2H3. The normalized spacial score (nSPS) is 13.6. The van der Waals surface area contributed by atoms with E-state index in [4.69, 9.17) is 9.47 Å². The number of nitrogens with zero attached hydrogens (tertiary/aromatic N) is 3. The Hall–Kier alpha value is -4.77. The zero-order valence-corrected chi connectivity index (χ0v) is 24.9. The molecule has 0 amide bonds. The van der Waals surface area contributed by atoms with E-state index in [9.17, 15) is 14.3 Å². The molecule has 0 unspecified atom stereocenters. The van der Waals surface area contributed by atoms with Gasteiger partial charge in [0.15, 0.2) is 5.67 Å². The van der Waals surface area contributed by atoms with Crippen LogP contribution in [0.1, 0.15) is 46.7 Å². The van der Waals surface area contributed by atoms with Crippen molar-refractivity contribution in [2.24, 2.45) is 0 Å². The monoisotopic (exact) mass is 621 g/mol. The van der Waals surface area contributed by atoms with E-state index >= 15 is 13.2 Å². The number of rotatable bonds is 9. The second-order valence-electron chi connectivity index (χ2n) is 10.6. The van der Waals surface area contributed by atoms with Crippen LogP contribution in [0.2, 0.25) is 0 Å². The molecule has 6 rings (SSSR count). The maximum absolute atomic E-state index is 15.4. The minimum absolute atomic E-state index is 0.0118. The molecule has 1 saturated heterocycles. The van der Waals surface area contributed by atoms with E-state index in [2.05, 4.69) is 9.97 Å². The fraction of sp³-hybridized carbons (Fsp3) is 0.265. The van der Waals surface area contributed by atoms with Crippen molar-refractivity contribution in [2.75, 3.05) is 13.2 Å². The first kappa shape index (κ1) is 31.6. The van der Waals surface area contributed by atoms with Crippen LogP contribution < -0.4 is 4.74 Å². The first-order chi connectivity index (χ1) is 21.6. The van der Waals surface area contributed by atoms with Gasteiger partial charge in [-0.1, -0.05) is 32.0 Å². The second kappa shape index (κ2) is 13.1. The van der Waals surface area contributed by atoms with E-state index in [0.717, 1.165) is 17.7 Å². The number of halogens is 4. The van der Waals surface area contributed by atoms with Crippen LogP contribution in [0, 0.1) is 24.4 Å². The van der Waals surface area contributed by atoms with Gasteiger partial charge in [0.1, 0.15) is 29.9 Å². The molecule has 234 valence electrons. The van der Waals surface area contributed by atoms with Gasteiger partial charge >= 0.3 is 5.97 Å². The molecule has 3 heterocycles. The van der Waals surface area contributed by atoms with Crippen LogP contribution >= 0.6 is 0 Å². The van der Waals surface area contributed by atoms with Gasteiger partial charge in [-0.05, 0) is 60.5 Å². The fourth-order valence-electron chi connectivity index (χ4n) is 4.97. The molecular formula is C34H31F4N3O4. The van der Waals surface area contributed by atoms with Gasteiger partial charge in [0.05, 0.1) is 42.0 Å². The van der Waals surface area contributed by atoms with Gasteiger partial charge in [-0.2, -0.15) is 0 Å². The summed E-state index contributed by atoms with van der Waals surface area (Å²) >= 11 is 0. The van der Waals surface area contributed by atoms with Crippen LogP contribution in [0.5, 0.6) is 5.88 Å². The average Bonchev–Trinajstić information content (AvgIpc) is 3.34. The van der Waals surface area contributed by atoms with Crippen LogP contribution in [-0.2, 0) is 24.3 Å². The highest BCUT2D eigenvalue weighted by molar-refractivity contribution is 5.92. The van der Waals surface area contributed by atoms with Gasteiger partial charge in [-0.3, -0.25) is 0 Å². The third-order valence-electron chi connectivity index (χ3n) is 7.31. The molecule has 1 fully saturated rings. The maximum Gasteiger partial charge on any atom is 0.335 e. The Kier molecular flexibility index (Phi) is 9.19. The van der Waals surface area contributed by atoms with E-state index in [1.54, 1.807) is 25.1 Å². The number of hydrogen-bond acceptors (Lipinski definition) is 5. The van der Waals surface area contributed by atoms with Crippen molar-refractivity contribution < 1.29 is 36.9 Å². The minimum atomic E-state index is -1.70. The Morgan fingerprint density at radius 3 is 2.40 bits per heavy atom. The Bertz CT molecular complexity index is 1870. The van der Waals surface area contributed by atoms with Crippen LogP contribution in [-0.4, -0.2) is 44.5 Å². The summed E-state index contributed by atoms with van der Waals surface area (Å²) in [6.07, 6.45) is -0.185. The number of aromatic nitrogens is 3. The topological polar surface area (TPSA) is 86.5 Å². The van der Waals surface area contributed by atoms with Gasteiger partial charge in [-0.25, -0.2) is 32.3 Å². The number of carboxylic acids is 1. The van der Waals surface area contributed by atoms with Gasteiger partial charge in [0.2, 0.25) is 5.88 Å². The lowest BCUT2D eigenvalue weighted by atomic mass is 10.0. The average molecular weight is 622 g/mol. The number of hydrogen-bond donors (Lipinski definition) is 1. The molecule has 1 aliphatic rings. The Morgan fingerprint density at radius 1 is 0.956 bits per heavy atom. The SMILES string of the molecule is CC.Cc1ccc(COc2cccc(-c3cc(F)c(Cc4nc5ccc(C(=O)O)cc5n4CC4(F)COC4)cc3F)n2)c(F)c1. The summed E-state index contributed by atoms with van der Waals surface area (Å²) in [5.74, 6) is -2.72. The van der Waals surface area contributed by atoms with Crippen LogP contribution in [0.15, 0.2) is 66.7 Å². The number of ether oxygens (including phenoxy) is 2. The molecule has 5 aromatic rings. The van der Waals surface area contributed by atoms with Crippen molar-refractivity contribution in [2.45, 2.75) is 46.0 Å². The van der Waals surface area contributed by atoms with E-state index in [1.807, 2.05) is 13.8 Å². The number of imidazole rings is 1. The van der Waals surface area contributed by atoms with E-state index in [-0.39, 0.29) is 66.9 Å². The lowest BCUT2D eigenvalue weighted by Crippen LogP contribution is -2.49. The zero-order chi connectivity index (χ0) is 32.3. The summed E-state index contributed by atoms with van der Waals surface area (Å²) in [5.41, 5.74) is 0.123. The molecule has 0 atom stereocenters. The number of benzene rings is 3. The molecule has 0 bridgehead atoms. The number of pyridine rings is 1. The molecule has 11 heteroatoms. The predicted octanol–water partition coefficient (Wildman–Crippen LogP) is 7.46. The third-order valence-corrected chi connectivity index (χ3v) is 7.31. The van der Waals surface area contributed by atoms with Gasteiger partial charge in [0, 0.05) is 23.6 Å². The highest BCUT2D eigenvalue weighted by atomic mass is 19.1. The molecule has 3 aromatic carbocycles. The number of aromatic carboxylic acids is 1. The zero-order valence-electron chi connectivity index (χ0n) is 24.9. The van der Waals surface area contributed by atoms with Crippen molar-refractivity contribution in [3.8, 4) is 17.1 Å². The summed E-state index contributed by atoms with van der Waals surface area (Å²) in [4.78, 5) is 20.3. The quantitative estimate of drug-likeness (QED) is 0.172. The van der Waals surface area contributed by atoms with E-state index in [1.165, 1.54) is 41.0 Å². The lowest BCUT2D eigenvalue weighted by molar-refractivity contribution is -0.137. The summed E-state index contributed by atoms with van der Waals surface area (Å²) < 4.78 is 72.3. The van der Waals surface area contributed by atoms with E-state index in [0.29, 0.717) is 16.6 Å². The largest absolute Gasteiger partial charge is 0.478 e. The number of alkyl halides is 1. The van der Waals surface area contributed by atoms with Gasteiger partial charge < -0.3 is 19.1 Å². The maximum atomic E-state index is 15.4. The predicted molar refractivity (Wildman–Crippen MR) is 161 cm³/mol. The Morgan fingerprint density at radius 2 is 1.71 bits per heavy atom. The molecule has 45 heavy (non-hydrogen) atoms. The highest BCUT2D eigenvalue weighted by Gasteiger charge is 2.40. The Labute approximate surface area is 257 Å². The van der Waals surface area contributed by atoms with Crippen LogP contribution in [0.4, 0.5) is 17.6 Å². The number of fused-ring (bicyclic) bond motifs is 1. The van der Waals surface area contributed by atoms with Crippen molar-refractivity contribution in [1.29, 1.82) is 0 Å². The van der Waals surface area contributed by atoms with Crippen molar-refractivity contribution in [3.05, 3.63) is 112 Å². The molecule has 1 N–H and O–H groups in total. The van der Waals surface area contributed by atoms with E-state index < -0.39 is 29.1 Å². The molecular weight excluding hydrogens is 590 g/mol. The van der Waals surface area contributed by atoms with Crippen molar-refractivity contribution >= 4 is 17.0 Å². The smallest absolute Gasteiger partial charge is 0.335 e. The van der Waals surface area contributed by atoms with Crippen molar-refractivity contribution in [3.63, 3.8) is 0 Å². The molecule has 2 aromatic heterocycles. The lowest BCUT2D eigenvalue weighted by Gasteiger charge is -2.34. The molecule has 0 spiro atoms. The van der Waals surface area contributed by atoms with Gasteiger partial charge in [-0.15, -0.1) is 0 Å². The molecule has 7 nitrogen and oxygen atoms in total. The minimum Gasteiger partial charge on any atom is -0.478 e. The summed E-state index contributed by atoms with van der Waals surface area (Å²) in [6, 6.07) is 15.6. The molecule has 0 saturated carbocycles. The fourth-order valence-corrected chi connectivity index (χ4v) is 4.97. The summed E-state index contributed by atoms with van der Waals surface area (Å²) in [7, 11) is 0.